The number of unbranched alkanes of at least 4 members (excludes halogenated alkanes) is 1. The molecule has 0 spiro atoms. The van der Waals surface area contributed by atoms with Crippen LogP contribution in [-0.4, -0.2) is 17.4 Å². The fraction of sp³-hybridized carbons (Fsp3) is 0.412. The highest BCUT2D eigenvalue weighted by molar-refractivity contribution is 7.15. The number of rotatable bonds is 7. The second-order valence-corrected chi connectivity index (χ2v) is 6.32. The molecule has 1 aromatic heterocycles. The average Bonchev–Trinajstić information content (AvgIpc) is 2.87. The van der Waals surface area contributed by atoms with E-state index in [1.165, 1.54) is 12.1 Å². The SMILES string of the molecule is CCCCC(=O)NCCc1sc(-c2ccc(F)cc2)nc1C. The summed E-state index contributed by atoms with van der Waals surface area (Å²) in [5.41, 5.74) is 1.90. The van der Waals surface area contributed by atoms with Crippen LogP contribution in [0.2, 0.25) is 0 Å². The molecular weight excluding hydrogens is 299 g/mol. The number of halogens is 1. The van der Waals surface area contributed by atoms with Crippen LogP contribution in [0.25, 0.3) is 10.6 Å². The van der Waals surface area contributed by atoms with E-state index in [-0.39, 0.29) is 11.7 Å². The molecule has 118 valence electrons. The zero-order valence-electron chi connectivity index (χ0n) is 13.0. The standard InChI is InChI=1S/C17H21FN2OS/c1-3-4-5-16(21)19-11-10-15-12(2)20-17(22-15)13-6-8-14(18)9-7-13/h6-9H,3-5,10-11H2,1-2H3,(H,19,21). The van der Waals surface area contributed by atoms with Crippen molar-refractivity contribution in [2.45, 2.75) is 39.5 Å². The highest BCUT2D eigenvalue weighted by Gasteiger charge is 2.10. The molecule has 2 aromatic rings. The number of benzene rings is 1. The van der Waals surface area contributed by atoms with E-state index in [1.54, 1.807) is 23.5 Å². The Morgan fingerprint density at radius 2 is 2.05 bits per heavy atom. The number of aryl methyl sites for hydroxylation is 1. The van der Waals surface area contributed by atoms with Crippen LogP contribution in [0.15, 0.2) is 24.3 Å². The molecule has 0 saturated carbocycles. The van der Waals surface area contributed by atoms with Gasteiger partial charge in [-0.25, -0.2) is 9.37 Å². The number of hydrogen-bond donors (Lipinski definition) is 1. The van der Waals surface area contributed by atoms with Crippen molar-refractivity contribution in [1.82, 2.24) is 10.3 Å². The lowest BCUT2D eigenvalue weighted by molar-refractivity contribution is -0.121. The summed E-state index contributed by atoms with van der Waals surface area (Å²) in [6, 6.07) is 6.37. The van der Waals surface area contributed by atoms with Crippen LogP contribution in [0, 0.1) is 12.7 Å². The number of carbonyl (C=O) groups excluding carboxylic acids is 1. The first-order valence-corrected chi connectivity index (χ1v) is 8.40. The van der Waals surface area contributed by atoms with Gasteiger partial charge < -0.3 is 5.32 Å². The third-order valence-electron chi connectivity index (χ3n) is 3.42. The Morgan fingerprint density at radius 1 is 1.32 bits per heavy atom. The van der Waals surface area contributed by atoms with Crippen molar-refractivity contribution in [2.75, 3.05) is 6.54 Å². The minimum absolute atomic E-state index is 0.114. The van der Waals surface area contributed by atoms with E-state index in [0.717, 1.165) is 40.4 Å². The molecule has 0 atom stereocenters. The Hall–Kier alpha value is -1.75. The van der Waals surface area contributed by atoms with E-state index in [1.807, 2.05) is 6.92 Å². The van der Waals surface area contributed by atoms with Crippen LogP contribution in [0.1, 0.15) is 36.8 Å². The van der Waals surface area contributed by atoms with E-state index < -0.39 is 0 Å². The number of carbonyl (C=O) groups is 1. The maximum Gasteiger partial charge on any atom is 0.220 e. The van der Waals surface area contributed by atoms with Gasteiger partial charge in [-0.3, -0.25) is 4.79 Å². The summed E-state index contributed by atoms with van der Waals surface area (Å²) in [6.45, 7) is 4.68. The van der Waals surface area contributed by atoms with Crippen molar-refractivity contribution in [2.24, 2.45) is 0 Å². The lowest BCUT2D eigenvalue weighted by atomic mass is 10.2. The second-order valence-electron chi connectivity index (χ2n) is 5.24. The molecular formula is C17H21FN2OS. The molecule has 0 fully saturated rings. The summed E-state index contributed by atoms with van der Waals surface area (Å²) < 4.78 is 13.0. The smallest absolute Gasteiger partial charge is 0.220 e. The monoisotopic (exact) mass is 320 g/mol. The fourth-order valence-corrected chi connectivity index (χ4v) is 3.18. The van der Waals surface area contributed by atoms with Gasteiger partial charge in [0.1, 0.15) is 10.8 Å². The number of nitrogens with zero attached hydrogens (tertiary/aromatic N) is 1. The summed E-state index contributed by atoms with van der Waals surface area (Å²) >= 11 is 1.60. The van der Waals surface area contributed by atoms with Crippen LogP contribution in [0.5, 0.6) is 0 Å². The van der Waals surface area contributed by atoms with E-state index in [9.17, 15) is 9.18 Å². The van der Waals surface area contributed by atoms with Gasteiger partial charge in [-0.05, 0) is 37.6 Å². The lowest BCUT2D eigenvalue weighted by Crippen LogP contribution is -2.25. The highest BCUT2D eigenvalue weighted by atomic mass is 32.1. The van der Waals surface area contributed by atoms with E-state index in [4.69, 9.17) is 0 Å². The van der Waals surface area contributed by atoms with Crippen LogP contribution >= 0.6 is 11.3 Å². The average molecular weight is 320 g/mol. The Balaban J connectivity index is 1.93. The molecule has 0 radical (unpaired) electrons. The fourth-order valence-electron chi connectivity index (χ4n) is 2.12. The molecule has 0 aliphatic heterocycles. The second kappa shape index (κ2) is 8.03. The van der Waals surface area contributed by atoms with E-state index >= 15 is 0 Å². The number of nitrogens with one attached hydrogen (secondary N) is 1. The van der Waals surface area contributed by atoms with Crippen molar-refractivity contribution in [3.63, 3.8) is 0 Å². The van der Waals surface area contributed by atoms with Gasteiger partial charge in [-0.2, -0.15) is 0 Å². The van der Waals surface area contributed by atoms with Crippen molar-refractivity contribution in [1.29, 1.82) is 0 Å². The molecule has 1 amide bonds. The molecule has 2 rings (SSSR count). The predicted octanol–water partition coefficient (Wildman–Crippen LogP) is 4.11. The quantitative estimate of drug-likeness (QED) is 0.834. The van der Waals surface area contributed by atoms with E-state index in [0.29, 0.717) is 13.0 Å². The number of aromatic nitrogens is 1. The third-order valence-corrected chi connectivity index (χ3v) is 4.68. The Labute approximate surface area is 134 Å². The molecule has 1 heterocycles. The minimum atomic E-state index is -0.243. The Bertz CT molecular complexity index is 622. The topological polar surface area (TPSA) is 42.0 Å². The van der Waals surface area contributed by atoms with Gasteiger partial charge in [0, 0.05) is 29.8 Å². The molecule has 5 heteroatoms. The molecule has 0 aliphatic carbocycles. The van der Waals surface area contributed by atoms with Gasteiger partial charge in [-0.15, -0.1) is 11.3 Å². The molecule has 0 aliphatic rings. The first-order valence-electron chi connectivity index (χ1n) is 7.59. The summed E-state index contributed by atoms with van der Waals surface area (Å²) in [7, 11) is 0. The largest absolute Gasteiger partial charge is 0.356 e. The number of thiazole rings is 1. The molecule has 0 unspecified atom stereocenters. The van der Waals surface area contributed by atoms with Gasteiger partial charge in [0.25, 0.3) is 0 Å². The molecule has 0 bridgehead atoms. The van der Waals surface area contributed by atoms with Crippen molar-refractivity contribution >= 4 is 17.2 Å². The summed E-state index contributed by atoms with van der Waals surface area (Å²) in [4.78, 5) is 17.3. The summed E-state index contributed by atoms with van der Waals surface area (Å²) in [5.74, 6) is -0.130. The predicted molar refractivity (Wildman–Crippen MR) is 88.5 cm³/mol. The zero-order valence-corrected chi connectivity index (χ0v) is 13.8. The number of amides is 1. The number of hydrogen-bond acceptors (Lipinski definition) is 3. The maximum atomic E-state index is 13.0. The molecule has 3 nitrogen and oxygen atoms in total. The van der Waals surface area contributed by atoms with Gasteiger partial charge in [0.2, 0.25) is 5.91 Å². The van der Waals surface area contributed by atoms with Crippen molar-refractivity contribution < 1.29 is 9.18 Å². The van der Waals surface area contributed by atoms with Crippen LogP contribution in [0.4, 0.5) is 4.39 Å². The Kier molecular flexibility index (Phi) is 6.07. The normalized spacial score (nSPS) is 10.7. The highest BCUT2D eigenvalue weighted by Crippen LogP contribution is 2.28. The van der Waals surface area contributed by atoms with Gasteiger partial charge in [-0.1, -0.05) is 13.3 Å². The lowest BCUT2D eigenvalue weighted by Gasteiger charge is -2.03. The third kappa shape index (κ3) is 4.63. The van der Waals surface area contributed by atoms with Gasteiger partial charge in [0.05, 0.1) is 5.69 Å². The van der Waals surface area contributed by atoms with Gasteiger partial charge in [0.15, 0.2) is 0 Å². The van der Waals surface area contributed by atoms with E-state index in [2.05, 4.69) is 17.2 Å². The molecule has 1 aromatic carbocycles. The molecule has 0 saturated heterocycles. The van der Waals surface area contributed by atoms with Gasteiger partial charge >= 0.3 is 0 Å². The van der Waals surface area contributed by atoms with Crippen molar-refractivity contribution in [3.8, 4) is 10.6 Å². The van der Waals surface area contributed by atoms with Crippen molar-refractivity contribution in [3.05, 3.63) is 40.7 Å². The molecule has 1 N–H and O–H groups in total. The van der Waals surface area contributed by atoms with Crippen LogP contribution in [0.3, 0.4) is 0 Å². The Morgan fingerprint density at radius 3 is 2.73 bits per heavy atom. The zero-order chi connectivity index (χ0) is 15.9. The molecule has 22 heavy (non-hydrogen) atoms. The minimum Gasteiger partial charge on any atom is -0.356 e. The van der Waals surface area contributed by atoms with Crippen LogP contribution in [-0.2, 0) is 11.2 Å². The first kappa shape index (κ1) is 16.6. The maximum absolute atomic E-state index is 13.0. The summed E-state index contributed by atoms with van der Waals surface area (Å²) in [5, 5.41) is 3.83. The van der Waals surface area contributed by atoms with Crippen LogP contribution < -0.4 is 5.32 Å². The summed E-state index contributed by atoms with van der Waals surface area (Å²) in [6.07, 6.45) is 3.34. The first-order chi connectivity index (χ1) is 10.6.